The fraction of sp³-hybridized carbons (Fsp3) is 0. The average molecular weight is 635 g/mol. The largest absolute Gasteiger partial charge is 0.308 e. The normalized spacial score (nSPS) is 12.4. The summed E-state index contributed by atoms with van der Waals surface area (Å²) in [7, 11) is 0. The van der Waals surface area contributed by atoms with Gasteiger partial charge >= 0.3 is 0 Å². The van der Waals surface area contributed by atoms with Gasteiger partial charge in [-0.3, -0.25) is 4.57 Å². The van der Waals surface area contributed by atoms with Crippen molar-refractivity contribution < 1.29 is 0 Å². The molecule has 12 rings (SSSR count). The molecule has 0 aliphatic rings. The Kier molecular flexibility index (Phi) is 4.94. The van der Waals surface area contributed by atoms with Crippen molar-refractivity contribution in [3.8, 4) is 17.1 Å². The van der Waals surface area contributed by atoms with Gasteiger partial charge in [-0.05, 0) is 51.9 Å². The van der Waals surface area contributed by atoms with Crippen molar-refractivity contribution in [2.24, 2.45) is 0 Å². The number of hydrogen-bond donors (Lipinski definition) is 0. The molecule has 50 heavy (non-hydrogen) atoms. The van der Waals surface area contributed by atoms with E-state index < -0.39 is 0 Å². The highest BCUT2D eigenvalue weighted by Gasteiger charge is 2.25. The van der Waals surface area contributed by atoms with E-state index in [0.29, 0.717) is 0 Å². The van der Waals surface area contributed by atoms with E-state index >= 15 is 0 Å². The third-order valence-electron chi connectivity index (χ3n) is 10.8. The summed E-state index contributed by atoms with van der Waals surface area (Å²) >= 11 is 0. The summed E-state index contributed by atoms with van der Waals surface area (Å²) in [6.07, 6.45) is 0. The number of rotatable bonds is 2. The fourth-order valence-corrected chi connectivity index (χ4v) is 8.76. The number of hydrogen-bond acceptors (Lipinski definition) is 2. The van der Waals surface area contributed by atoms with Gasteiger partial charge < -0.3 is 4.40 Å². The molecule has 230 valence electrons. The summed E-state index contributed by atoms with van der Waals surface area (Å²) in [5.74, 6) is 0.830. The van der Waals surface area contributed by atoms with Crippen LogP contribution in [0.15, 0.2) is 158 Å². The Morgan fingerprint density at radius 3 is 1.88 bits per heavy atom. The highest BCUT2D eigenvalue weighted by molar-refractivity contribution is 6.33. The molecular weight excluding hydrogens is 609 g/mol. The Bertz CT molecular complexity index is 3370. The Labute approximate surface area is 285 Å². The second kappa shape index (κ2) is 9.43. The van der Waals surface area contributed by atoms with E-state index in [2.05, 4.69) is 167 Å². The topological polar surface area (TPSA) is 35.1 Å². The van der Waals surface area contributed by atoms with Crippen LogP contribution < -0.4 is 0 Å². The predicted octanol–water partition coefficient (Wildman–Crippen LogP) is 11.9. The van der Waals surface area contributed by atoms with Gasteiger partial charge in [0.25, 0.3) is 0 Å². The first-order valence-corrected chi connectivity index (χ1v) is 17.1. The molecule has 0 amide bonds. The van der Waals surface area contributed by atoms with Gasteiger partial charge in [0.05, 0.1) is 38.6 Å². The van der Waals surface area contributed by atoms with Crippen molar-refractivity contribution in [2.75, 3.05) is 0 Å². The van der Waals surface area contributed by atoms with Gasteiger partial charge in [-0.2, -0.15) is 0 Å². The maximum Gasteiger partial charge on any atom is 0.165 e. The minimum atomic E-state index is 0.830. The SMILES string of the molecule is c1ccc(-c2nc3ccc4ccccc4c3nc2-n2c3cccc4c5cccc6c7c8ccccc8ccc7n(c7cccc2c7c43)c56)cc1. The van der Waals surface area contributed by atoms with Crippen LogP contribution in [-0.4, -0.2) is 18.9 Å². The standard InChI is InChI=1S/C46H26N4/c1-2-13-29(14-3-1)43-46(48-44-31-16-7-5-12-28(31)23-25-35(44)47-43)50-36-20-9-17-32-33-18-8-19-34-40-30-15-6-4-11-27(30)24-26-39(40)49(45(33)34)37-21-10-22-38(50)42(37)41(32)36/h1-26H. The Morgan fingerprint density at radius 2 is 1.00 bits per heavy atom. The van der Waals surface area contributed by atoms with Gasteiger partial charge in [-0.1, -0.05) is 127 Å². The average Bonchev–Trinajstić information content (AvgIpc) is 3.67. The third kappa shape index (κ3) is 3.25. The summed E-state index contributed by atoms with van der Waals surface area (Å²) < 4.78 is 4.87. The molecule has 0 atom stereocenters. The van der Waals surface area contributed by atoms with Crippen LogP contribution in [0.25, 0.3) is 110 Å². The van der Waals surface area contributed by atoms with Gasteiger partial charge in [-0.15, -0.1) is 0 Å². The molecule has 0 unspecified atom stereocenters. The van der Waals surface area contributed by atoms with E-state index in [0.717, 1.165) is 49.9 Å². The molecule has 0 N–H and O–H groups in total. The van der Waals surface area contributed by atoms with E-state index in [9.17, 15) is 0 Å². The van der Waals surface area contributed by atoms with Crippen molar-refractivity contribution in [3.05, 3.63) is 158 Å². The fourth-order valence-electron chi connectivity index (χ4n) is 8.76. The summed E-state index contributed by atoms with van der Waals surface area (Å²) in [6, 6.07) is 56.8. The molecule has 0 bridgehead atoms. The summed E-state index contributed by atoms with van der Waals surface area (Å²) in [5.41, 5.74) is 9.57. The zero-order valence-electron chi connectivity index (χ0n) is 26.8. The molecule has 4 heteroatoms. The molecule has 0 spiro atoms. The van der Waals surface area contributed by atoms with Gasteiger partial charge in [0.1, 0.15) is 5.69 Å². The number of nitrogens with zero attached hydrogens (tertiary/aromatic N) is 4. The molecule has 4 nitrogen and oxygen atoms in total. The highest BCUT2D eigenvalue weighted by atomic mass is 15.1. The highest BCUT2D eigenvalue weighted by Crippen LogP contribution is 2.46. The molecule has 4 heterocycles. The maximum absolute atomic E-state index is 5.58. The monoisotopic (exact) mass is 634 g/mol. The first-order valence-electron chi connectivity index (χ1n) is 17.1. The van der Waals surface area contributed by atoms with E-state index in [1.807, 2.05) is 0 Å². The van der Waals surface area contributed by atoms with Crippen LogP contribution >= 0.6 is 0 Å². The zero-order chi connectivity index (χ0) is 32.5. The van der Waals surface area contributed by atoms with Crippen molar-refractivity contribution >= 4 is 92.5 Å². The minimum absolute atomic E-state index is 0.830. The number of fused-ring (bicyclic) bond motifs is 10. The Morgan fingerprint density at radius 1 is 0.380 bits per heavy atom. The van der Waals surface area contributed by atoms with Gasteiger partial charge in [0, 0.05) is 37.9 Å². The van der Waals surface area contributed by atoms with Crippen LogP contribution in [-0.2, 0) is 0 Å². The summed E-state index contributed by atoms with van der Waals surface area (Å²) in [5, 5.41) is 12.3. The van der Waals surface area contributed by atoms with Crippen LogP contribution in [0.4, 0.5) is 0 Å². The number of para-hydroxylation sites is 1. The second-order valence-electron chi connectivity index (χ2n) is 13.3. The number of aromatic nitrogens is 4. The summed E-state index contributed by atoms with van der Waals surface area (Å²) in [4.78, 5) is 11.0. The van der Waals surface area contributed by atoms with Crippen LogP contribution in [0.2, 0.25) is 0 Å². The van der Waals surface area contributed by atoms with E-state index in [4.69, 9.17) is 9.97 Å². The predicted molar refractivity (Wildman–Crippen MR) is 209 cm³/mol. The lowest BCUT2D eigenvalue weighted by Gasteiger charge is -2.15. The lowest BCUT2D eigenvalue weighted by atomic mass is 10.0. The molecule has 0 fully saturated rings. The van der Waals surface area contributed by atoms with Crippen molar-refractivity contribution in [3.63, 3.8) is 0 Å². The van der Waals surface area contributed by atoms with Crippen molar-refractivity contribution in [1.82, 2.24) is 18.9 Å². The molecule has 12 aromatic rings. The molecule has 0 radical (unpaired) electrons. The van der Waals surface area contributed by atoms with E-state index in [1.54, 1.807) is 0 Å². The van der Waals surface area contributed by atoms with Crippen molar-refractivity contribution in [1.29, 1.82) is 0 Å². The zero-order valence-corrected chi connectivity index (χ0v) is 26.8. The first kappa shape index (κ1) is 26.2. The molecule has 0 saturated carbocycles. The van der Waals surface area contributed by atoms with E-state index in [1.165, 1.54) is 59.6 Å². The van der Waals surface area contributed by atoms with Crippen LogP contribution in [0.5, 0.6) is 0 Å². The lowest BCUT2D eigenvalue weighted by Crippen LogP contribution is -2.04. The third-order valence-corrected chi connectivity index (χ3v) is 10.8. The lowest BCUT2D eigenvalue weighted by molar-refractivity contribution is 1.08. The first-order chi connectivity index (χ1) is 24.8. The summed E-state index contributed by atoms with van der Waals surface area (Å²) in [6.45, 7) is 0. The molecule has 0 saturated heterocycles. The van der Waals surface area contributed by atoms with E-state index in [-0.39, 0.29) is 0 Å². The molecule has 0 aliphatic heterocycles. The molecule has 8 aromatic carbocycles. The van der Waals surface area contributed by atoms with Gasteiger partial charge in [0.15, 0.2) is 5.82 Å². The smallest absolute Gasteiger partial charge is 0.165 e. The quantitative estimate of drug-likeness (QED) is 0.177. The van der Waals surface area contributed by atoms with Gasteiger partial charge in [0.2, 0.25) is 0 Å². The van der Waals surface area contributed by atoms with Gasteiger partial charge in [-0.25, -0.2) is 9.97 Å². The maximum atomic E-state index is 5.58. The minimum Gasteiger partial charge on any atom is -0.308 e. The number of benzene rings is 8. The molecule has 0 aliphatic carbocycles. The van der Waals surface area contributed by atoms with Crippen LogP contribution in [0.3, 0.4) is 0 Å². The van der Waals surface area contributed by atoms with Crippen LogP contribution in [0, 0.1) is 0 Å². The molecular formula is C46H26N4. The van der Waals surface area contributed by atoms with Crippen LogP contribution in [0.1, 0.15) is 0 Å². The Hall–Kier alpha value is -6.78. The second-order valence-corrected chi connectivity index (χ2v) is 13.3. The van der Waals surface area contributed by atoms with Crippen molar-refractivity contribution in [2.45, 2.75) is 0 Å². The Balaban J connectivity index is 1.33. The molecule has 4 aromatic heterocycles.